The van der Waals surface area contributed by atoms with E-state index in [1.807, 2.05) is 31.2 Å². The number of rotatable bonds is 8. The Kier molecular flexibility index (Phi) is 7.65. The summed E-state index contributed by atoms with van der Waals surface area (Å²) in [5, 5.41) is 3.20. The Hall–Kier alpha value is -2.41. The number of hydrogen-bond donors (Lipinski definition) is 2. The van der Waals surface area contributed by atoms with Crippen LogP contribution in [0.15, 0.2) is 24.3 Å². The summed E-state index contributed by atoms with van der Waals surface area (Å²) in [5.74, 6) is 1.36. The molecule has 7 heteroatoms. The molecule has 0 spiro atoms. The summed E-state index contributed by atoms with van der Waals surface area (Å²) >= 11 is 0. The molecule has 0 radical (unpaired) electrons. The van der Waals surface area contributed by atoms with Gasteiger partial charge in [0.15, 0.2) is 0 Å². The summed E-state index contributed by atoms with van der Waals surface area (Å²) in [6.45, 7) is 3.89. The highest BCUT2D eigenvalue weighted by molar-refractivity contribution is 5.98. The lowest BCUT2D eigenvalue weighted by Gasteiger charge is -2.43. The van der Waals surface area contributed by atoms with Gasteiger partial charge in [0.25, 0.3) is 5.91 Å². The minimum absolute atomic E-state index is 0.0309. The van der Waals surface area contributed by atoms with Crippen molar-refractivity contribution in [1.29, 1.82) is 0 Å². The summed E-state index contributed by atoms with van der Waals surface area (Å²) in [6, 6.07) is 7.38. The van der Waals surface area contributed by atoms with Crippen molar-refractivity contribution in [3.63, 3.8) is 0 Å². The van der Waals surface area contributed by atoms with Gasteiger partial charge in [-0.1, -0.05) is 17.7 Å². The fourth-order valence-corrected chi connectivity index (χ4v) is 6.14. The second-order valence-corrected chi connectivity index (χ2v) is 11.7. The zero-order valence-corrected chi connectivity index (χ0v) is 21.7. The van der Waals surface area contributed by atoms with E-state index >= 15 is 0 Å². The molecule has 1 aromatic rings. The van der Waals surface area contributed by atoms with E-state index in [1.165, 1.54) is 0 Å². The number of carbonyl (C=O) groups excluding carboxylic acids is 3. The maximum absolute atomic E-state index is 13.6. The van der Waals surface area contributed by atoms with E-state index in [-0.39, 0.29) is 29.7 Å². The van der Waals surface area contributed by atoms with Gasteiger partial charge in [-0.2, -0.15) is 0 Å². The molecular formula is C29H42N4O3. The highest BCUT2D eigenvalue weighted by atomic mass is 16.2. The van der Waals surface area contributed by atoms with E-state index in [0.29, 0.717) is 43.0 Å². The van der Waals surface area contributed by atoms with Crippen LogP contribution in [0.3, 0.4) is 0 Å². The number of nitrogens with one attached hydrogen (secondary N) is 1. The maximum atomic E-state index is 13.6. The molecular weight excluding hydrogens is 452 g/mol. The fraction of sp³-hybridized carbons (Fsp3) is 0.690. The molecule has 3 N–H and O–H groups in total. The van der Waals surface area contributed by atoms with E-state index in [9.17, 15) is 14.4 Å². The zero-order chi connectivity index (χ0) is 25.2. The van der Waals surface area contributed by atoms with Crippen LogP contribution in [0.4, 0.5) is 0 Å². The first-order valence-corrected chi connectivity index (χ1v) is 14.1. The zero-order valence-electron chi connectivity index (χ0n) is 21.7. The third kappa shape index (κ3) is 5.77. The molecule has 5 rings (SSSR count). The average molecular weight is 495 g/mol. The Morgan fingerprint density at radius 3 is 2.19 bits per heavy atom. The number of nitrogens with two attached hydrogens (primary N) is 1. The molecule has 1 heterocycles. The summed E-state index contributed by atoms with van der Waals surface area (Å²) in [5.41, 5.74) is 7.56. The second-order valence-electron chi connectivity index (χ2n) is 11.7. The first-order valence-electron chi connectivity index (χ1n) is 14.1. The number of amides is 3. The molecule has 3 aliphatic carbocycles. The molecule has 2 atom stereocenters. The minimum atomic E-state index is -0.550. The topological polar surface area (TPSA) is 95.7 Å². The van der Waals surface area contributed by atoms with Gasteiger partial charge in [0.2, 0.25) is 11.8 Å². The Balaban J connectivity index is 1.29. The fourth-order valence-electron chi connectivity index (χ4n) is 6.14. The highest BCUT2D eigenvalue weighted by Gasteiger charge is 2.47. The van der Waals surface area contributed by atoms with Crippen molar-refractivity contribution in [3.05, 3.63) is 35.4 Å². The number of likely N-dealkylation sites (tertiary alicyclic amines) is 1. The predicted molar refractivity (Wildman–Crippen MR) is 139 cm³/mol. The molecule has 3 saturated carbocycles. The van der Waals surface area contributed by atoms with Crippen molar-refractivity contribution < 1.29 is 14.4 Å². The number of nitrogens with zero attached hydrogens (tertiary/aromatic N) is 2. The highest BCUT2D eigenvalue weighted by Crippen LogP contribution is 2.39. The van der Waals surface area contributed by atoms with Crippen molar-refractivity contribution in [3.8, 4) is 0 Å². The van der Waals surface area contributed by atoms with Gasteiger partial charge in [-0.3, -0.25) is 14.4 Å². The summed E-state index contributed by atoms with van der Waals surface area (Å²) in [6.07, 6.45) is 9.79. The molecule has 1 unspecified atom stereocenters. The number of benzene rings is 1. The largest absolute Gasteiger partial charge is 0.354 e. The first kappa shape index (κ1) is 25.2. The van der Waals surface area contributed by atoms with Crippen LogP contribution in [-0.2, 0) is 9.59 Å². The molecule has 0 bridgehead atoms. The molecule has 0 aromatic heterocycles. The monoisotopic (exact) mass is 494 g/mol. The molecule has 4 aliphatic rings. The van der Waals surface area contributed by atoms with Gasteiger partial charge < -0.3 is 20.9 Å². The van der Waals surface area contributed by atoms with Crippen LogP contribution < -0.4 is 11.1 Å². The van der Waals surface area contributed by atoms with Gasteiger partial charge in [-0.05, 0) is 102 Å². The Labute approximate surface area is 215 Å². The SMILES string of the molecule is Cc1ccc(C(=O)N2CCC(N(C(=O)C3CC3)C3CC3)C[C@@H]2C(=O)NCC2CCC(CN)CC2)cc1. The molecule has 7 nitrogen and oxygen atoms in total. The molecule has 1 saturated heterocycles. The normalized spacial score (nSPS) is 28.4. The van der Waals surface area contributed by atoms with Crippen LogP contribution in [0, 0.1) is 24.7 Å². The quantitative estimate of drug-likeness (QED) is 0.580. The third-order valence-electron chi connectivity index (χ3n) is 8.82. The minimum Gasteiger partial charge on any atom is -0.354 e. The van der Waals surface area contributed by atoms with Crippen molar-refractivity contribution in [2.24, 2.45) is 23.5 Å². The van der Waals surface area contributed by atoms with Crippen LogP contribution in [0.5, 0.6) is 0 Å². The number of piperidine rings is 1. The molecule has 4 fully saturated rings. The molecule has 1 aliphatic heterocycles. The average Bonchev–Trinajstić information content (AvgIpc) is 3.82. The van der Waals surface area contributed by atoms with Crippen LogP contribution >= 0.6 is 0 Å². The number of carbonyl (C=O) groups is 3. The number of hydrogen-bond acceptors (Lipinski definition) is 4. The van der Waals surface area contributed by atoms with Gasteiger partial charge in [0, 0.05) is 36.7 Å². The van der Waals surface area contributed by atoms with Gasteiger partial charge in [0.05, 0.1) is 0 Å². The van der Waals surface area contributed by atoms with Crippen LogP contribution in [0.1, 0.15) is 80.1 Å². The number of aryl methyl sites for hydroxylation is 1. The van der Waals surface area contributed by atoms with E-state index in [1.54, 1.807) is 4.90 Å². The van der Waals surface area contributed by atoms with Crippen molar-refractivity contribution in [1.82, 2.24) is 15.1 Å². The Morgan fingerprint density at radius 2 is 1.58 bits per heavy atom. The van der Waals surface area contributed by atoms with Crippen molar-refractivity contribution in [2.45, 2.75) is 89.3 Å². The lowest BCUT2D eigenvalue weighted by molar-refractivity contribution is -0.139. The lowest BCUT2D eigenvalue weighted by atomic mass is 9.82. The van der Waals surface area contributed by atoms with E-state index in [0.717, 1.165) is 69.9 Å². The van der Waals surface area contributed by atoms with E-state index in [4.69, 9.17) is 5.73 Å². The molecule has 1 aromatic carbocycles. The van der Waals surface area contributed by atoms with Crippen molar-refractivity contribution in [2.75, 3.05) is 19.6 Å². The lowest BCUT2D eigenvalue weighted by Crippen LogP contribution is -2.59. The standard InChI is InChI=1S/C29H42N4O3/c1-19-2-8-22(9-3-19)28(35)32-15-14-25(33(24-12-13-24)29(36)23-10-11-23)16-26(32)27(34)31-18-21-6-4-20(17-30)5-7-21/h2-3,8-9,20-21,23-26H,4-7,10-18,30H2,1H3,(H,31,34)/t20?,21?,25?,26-/m1/s1. The predicted octanol–water partition coefficient (Wildman–Crippen LogP) is 3.25. The smallest absolute Gasteiger partial charge is 0.254 e. The van der Waals surface area contributed by atoms with Crippen LogP contribution in [-0.4, -0.2) is 65.3 Å². The van der Waals surface area contributed by atoms with Gasteiger partial charge in [-0.15, -0.1) is 0 Å². The van der Waals surface area contributed by atoms with Gasteiger partial charge in [-0.25, -0.2) is 0 Å². The molecule has 36 heavy (non-hydrogen) atoms. The summed E-state index contributed by atoms with van der Waals surface area (Å²) in [7, 11) is 0. The van der Waals surface area contributed by atoms with E-state index in [2.05, 4.69) is 10.2 Å². The third-order valence-corrected chi connectivity index (χ3v) is 8.82. The van der Waals surface area contributed by atoms with Crippen molar-refractivity contribution >= 4 is 17.7 Å². The summed E-state index contributed by atoms with van der Waals surface area (Å²) in [4.78, 5) is 44.2. The molecule has 196 valence electrons. The first-order chi connectivity index (χ1) is 17.4. The van der Waals surface area contributed by atoms with Crippen LogP contribution in [0.2, 0.25) is 0 Å². The van der Waals surface area contributed by atoms with Gasteiger partial charge in [0.1, 0.15) is 6.04 Å². The van der Waals surface area contributed by atoms with Gasteiger partial charge >= 0.3 is 0 Å². The summed E-state index contributed by atoms with van der Waals surface area (Å²) < 4.78 is 0. The Bertz CT molecular complexity index is 948. The second kappa shape index (κ2) is 10.9. The van der Waals surface area contributed by atoms with Crippen LogP contribution in [0.25, 0.3) is 0 Å². The maximum Gasteiger partial charge on any atom is 0.254 e. The van der Waals surface area contributed by atoms with E-state index < -0.39 is 6.04 Å². The molecule has 3 amide bonds. The Morgan fingerprint density at radius 1 is 0.917 bits per heavy atom.